The van der Waals surface area contributed by atoms with Crippen LogP contribution in [0.25, 0.3) is 0 Å². The number of carbonyl (C=O) groups excluding carboxylic acids is 1. The molecule has 0 radical (unpaired) electrons. The molecular weight excluding hydrogens is 292 g/mol. The summed E-state index contributed by atoms with van der Waals surface area (Å²) in [6.45, 7) is 0.594. The Bertz CT molecular complexity index is 545. The number of rotatable bonds is 5. The maximum absolute atomic E-state index is 11.9. The van der Waals surface area contributed by atoms with E-state index in [-0.39, 0.29) is 16.5 Å². The molecule has 0 aliphatic heterocycles. The fourth-order valence-corrected chi connectivity index (χ4v) is 2.59. The Labute approximate surface area is 117 Å². The first-order valence-corrected chi connectivity index (χ1v) is 7.28. The van der Waals surface area contributed by atoms with E-state index in [4.69, 9.17) is 16.3 Å². The Balaban J connectivity index is 2.65. The normalized spacial score (nSPS) is 11.4. The summed E-state index contributed by atoms with van der Waals surface area (Å²) < 4.78 is 30.2. The molecule has 0 atom stereocenters. The Morgan fingerprint density at radius 2 is 2.00 bits per heavy atom. The molecule has 1 aromatic carbocycles. The lowest BCUT2D eigenvalue weighted by atomic mass is 10.4. The number of nitrogens with zero attached hydrogens (tertiary/aromatic N) is 1. The zero-order valence-corrected chi connectivity index (χ0v) is 12.2. The highest BCUT2D eigenvalue weighted by atomic mass is 35.5. The van der Waals surface area contributed by atoms with Crippen molar-refractivity contribution in [2.24, 2.45) is 0 Å². The van der Waals surface area contributed by atoms with Crippen LogP contribution in [0.3, 0.4) is 0 Å². The van der Waals surface area contributed by atoms with Crippen molar-refractivity contribution >= 4 is 27.7 Å². The van der Waals surface area contributed by atoms with E-state index in [1.54, 1.807) is 15.7 Å². The quantitative estimate of drug-likeness (QED) is 0.888. The minimum atomic E-state index is -4.01. The molecule has 0 heterocycles. The number of nitrogens with one attached hydrogen (secondary N) is 1. The van der Waals surface area contributed by atoms with E-state index >= 15 is 0 Å². The molecule has 0 saturated heterocycles. The van der Waals surface area contributed by atoms with Gasteiger partial charge in [0.1, 0.15) is 11.5 Å². The second-order valence-electron chi connectivity index (χ2n) is 3.98. The van der Waals surface area contributed by atoms with Gasteiger partial charge in [0.15, 0.2) is 0 Å². The molecule has 0 aliphatic carbocycles. The summed E-state index contributed by atoms with van der Waals surface area (Å²) in [7, 11) is -0.396. The van der Waals surface area contributed by atoms with Crippen LogP contribution in [0.1, 0.15) is 0 Å². The molecule has 0 unspecified atom stereocenters. The first-order valence-electron chi connectivity index (χ1n) is 5.42. The van der Waals surface area contributed by atoms with E-state index in [0.29, 0.717) is 6.54 Å². The molecule has 106 valence electrons. The van der Waals surface area contributed by atoms with Gasteiger partial charge >= 0.3 is 6.09 Å². The summed E-state index contributed by atoms with van der Waals surface area (Å²) in [5.41, 5.74) is 0. The number of amides is 1. The van der Waals surface area contributed by atoms with Gasteiger partial charge in [-0.1, -0.05) is 23.7 Å². The lowest BCUT2D eigenvalue weighted by Crippen LogP contribution is -2.33. The first kappa shape index (κ1) is 15.7. The van der Waals surface area contributed by atoms with Crippen LogP contribution >= 0.6 is 11.6 Å². The lowest BCUT2D eigenvalue weighted by Gasteiger charge is -2.11. The predicted molar refractivity (Wildman–Crippen MR) is 71.7 cm³/mol. The van der Waals surface area contributed by atoms with Crippen molar-refractivity contribution in [2.45, 2.75) is 4.90 Å². The number of sulfonamides is 1. The molecule has 8 heteroatoms. The molecule has 0 saturated carbocycles. The van der Waals surface area contributed by atoms with Crippen LogP contribution in [-0.4, -0.2) is 46.7 Å². The molecule has 19 heavy (non-hydrogen) atoms. The van der Waals surface area contributed by atoms with Gasteiger partial charge in [0, 0.05) is 6.54 Å². The van der Waals surface area contributed by atoms with Gasteiger partial charge in [-0.05, 0) is 26.2 Å². The molecule has 6 nitrogen and oxygen atoms in total. The van der Waals surface area contributed by atoms with Crippen molar-refractivity contribution in [2.75, 3.05) is 27.2 Å². The summed E-state index contributed by atoms with van der Waals surface area (Å²) in [6, 6.07) is 5.83. The van der Waals surface area contributed by atoms with Gasteiger partial charge in [0.2, 0.25) is 0 Å². The third-order valence-electron chi connectivity index (χ3n) is 2.12. The second kappa shape index (κ2) is 6.74. The number of hydrogen-bond donors (Lipinski definition) is 1. The third kappa shape index (κ3) is 5.06. The molecule has 1 rings (SSSR count). The van der Waals surface area contributed by atoms with E-state index in [1.807, 2.05) is 14.1 Å². The maximum atomic E-state index is 11.9. The molecule has 0 aromatic heterocycles. The largest absolute Gasteiger partial charge is 0.447 e. The molecule has 0 aliphatic rings. The molecule has 1 N–H and O–H groups in total. The van der Waals surface area contributed by atoms with Gasteiger partial charge in [0.25, 0.3) is 10.0 Å². The van der Waals surface area contributed by atoms with Gasteiger partial charge in [-0.2, -0.15) is 0 Å². The molecular formula is C11H15ClN2O4S. The zero-order valence-electron chi connectivity index (χ0n) is 10.6. The fraction of sp³-hybridized carbons (Fsp3) is 0.364. The van der Waals surface area contributed by atoms with Crippen molar-refractivity contribution in [3.05, 3.63) is 29.3 Å². The van der Waals surface area contributed by atoms with Gasteiger partial charge in [0.05, 0.1) is 5.02 Å². The zero-order chi connectivity index (χ0) is 14.5. The van der Waals surface area contributed by atoms with Crippen LogP contribution in [0.4, 0.5) is 4.79 Å². The Hall–Kier alpha value is -1.31. The second-order valence-corrected chi connectivity index (χ2v) is 6.03. The van der Waals surface area contributed by atoms with Gasteiger partial charge in [-0.3, -0.25) is 0 Å². The van der Waals surface area contributed by atoms with Crippen LogP contribution in [-0.2, 0) is 14.8 Å². The van der Waals surface area contributed by atoms with Crippen LogP contribution in [0.5, 0.6) is 0 Å². The van der Waals surface area contributed by atoms with Gasteiger partial charge in [-0.25, -0.2) is 17.9 Å². The molecule has 1 amide bonds. The topological polar surface area (TPSA) is 75.7 Å². The van der Waals surface area contributed by atoms with Crippen LogP contribution in [0, 0.1) is 0 Å². The van der Waals surface area contributed by atoms with Crippen molar-refractivity contribution in [1.29, 1.82) is 0 Å². The summed E-state index contributed by atoms with van der Waals surface area (Å²) >= 11 is 5.76. The Morgan fingerprint density at radius 1 is 1.37 bits per heavy atom. The molecule has 0 fully saturated rings. The standard InChI is InChI=1S/C11H15ClN2O4S/c1-14(2)7-8-18-11(15)13-19(16,17)10-6-4-3-5-9(10)12/h3-6H,7-8H2,1-2H3,(H,13,15). The molecule has 0 bridgehead atoms. The number of ether oxygens (including phenoxy) is 1. The number of carbonyl (C=O) groups is 1. The smallest absolute Gasteiger partial charge is 0.421 e. The van der Waals surface area contributed by atoms with E-state index in [2.05, 4.69) is 0 Å². The van der Waals surface area contributed by atoms with Crippen molar-refractivity contribution in [3.8, 4) is 0 Å². The van der Waals surface area contributed by atoms with Crippen molar-refractivity contribution < 1.29 is 17.9 Å². The van der Waals surface area contributed by atoms with Gasteiger partial charge in [-0.15, -0.1) is 0 Å². The molecule has 0 spiro atoms. The van der Waals surface area contributed by atoms with E-state index in [0.717, 1.165) is 0 Å². The minimum absolute atomic E-state index is 0.0380. The van der Waals surface area contributed by atoms with E-state index < -0.39 is 16.1 Å². The third-order valence-corrected chi connectivity index (χ3v) is 3.93. The lowest BCUT2D eigenvalue weighted by molar-refractivity contribution is 0.142. The SMILES string of the molecule is CN(C)CCOC(=O)NS(=O)(=O)c1ccccc1Cl. The monoisotopic (exact) mass is 306 g/mol. The minimum Gasteiger partial charge on any atom is -0.447 e. The number of benzene rings is 1. The van der Waals surface area contributed by atoms with Crippen LogP contribution < -0.4 is 4.72 Å². The van der Waals surface area contributed by atoms with E-state index in [9.17, 15) is 13.2 Å². The highest BCUT2D eigenvalue weighted by Gasteiger charge is 2.20. The van der Waals surface area contributed by atoms with Gasteiger partial charge < -0.3 is 9.64 Å². The van der Waals surface area contributed by atoms with E-state index in [1.165, 1.54) is 18.2 Å². The highest BCUT2D eigenvalue weighted by Crippen LogP contribution is 2.19. The fourth-order valence-electron chi connectivity index (χ4n) is 1.18. The van der Waals surface area contributed by atoms with Crippen molar-refractivity contribution in [1.82, 2.24) is 9.62 Å². The summed E-state index contributed by atoms with van der Waals surface area (Å²) in [5.74, 6) is 0. The summed E-state index contributed by atoms with van der Waals surface area (Å²) in [4.78, 5) is 13.0. The van der Waals surface area contributed by atoms with Crippen LogP contribution in [0.2, 0.25) is 5.02 Å². The number of halogens is 1. The van der Waals surface area contributed by atoms with Crippen molar-refractivity contribution in [3.63, 3.8) is 0 Å². The number of likely N-dealkylation sites (N-methyl/N-ethyl adjacent to an activating group) is 1. The summed E-state index contributed by atoms with van der Waals surface area (Å²) in [6.07, 6.45) is -1.03. The van der Waals surface area contributed by atoms with Crippen LogP contribution in [0.15, 0.2) is 29.2 Å². The molecule has 1 aromatic rings. The average molecular weight is 307 g/mol. The predicted octanol–water partition coefficient (Wildman–Crippen LogP) is 1.32. The average Bonchev–Trinajstić information content (AvgIpc) is 2.27. The Kier molecular flexibility index (Phi) is 5.59. The Morgan fingerprint density at radius 3 is 2.58 bits per heavy atom. The highest BCUT2D eigenvalue weighted by molar-refractivity contribution is 7.90. The number of hydrogen-bond acceptors (Lipinski definition) is 5. The maximum Gasteiger partial charge on any atom is 0.421 e. The first-order chi connectivity index (χ1) is 8.83. The summed E-state index contributed by atoms with van der Waals surface area (Å²) in [5, 5.41) is 0.0380.